The number of benzene rings is 2. The zero-order chi connectivity index (χ0) is 18.0. The number of rotatable bonds is 5. The molecule has 1 aliphatic heterocycles. The highest BCUT2D eigenvalue weighted by Gasteiger charge is 2.35. The van der Waals surface area contributed by atoms with E-state index in [0.29, 0.717) is 12.1 Å². The van der Waals surface area contributed by atoms with Crippen LogP contribution < -0.4 is 5.32 Å². The fourth-order valence-electron chi connectivity index (χ4n) is 2.73. The number of fused-ring (bicyclic) bond motifs is 1. The fourth-order valence-corrected chi connectivity index (χ4v) is 2.73. The van der Waals surface area contributed by atoms with E-state index in [1.807, 2.05) is 6.92 Å². The van der Waals surface area contributed by atoms with Gasteiger partial charge in [-0.3, -0.25) is 19.3 Å². The Balaban J connectivity index is 1.84. The molecule has 1 heterocycles. The van der Waals surface area contributed by atoms with Crippen LogP contribution in [0.2, 0.25) is 0 Å². The van der Waals surface area contributed by atoms with Crippen molar-refractivity contribution in [3.63, 3.8) is 0 Å². The third-order valence-corrected chi connectivity index (χ3v) is 4.12. The molecule has 2 aromatic carbocycles. The van der Waals surface area contributed by atoms with Gasteiger partial charge < -0.3 is 10.4 Å². The van der Waals surface area contributed by atoms with Crippen molar-refractivity contribution in [2.24, 2.45) is 0 Å². The Morgan fingerprint density at radius 1 is 1.08 bits per heavy atom. The Hall–Kier alpha value is -3.15. The molecule has 0 unspecified atom stereocenters. The molecule has 0 aromatic heterocycles. The topological polar surface area (TPSA) is 86.7 Å². The van der Waals surface area contributed by atoms with E-state index < -0.39 is 5.91 Å². The van der Waals surface area contributed by atoms with E-state index in [0.717, 1.165) is 12.8 Å². The van der Waals surface area contributed by atoms with Crippen LogP contribution in [-0.2, 0) is 0 Å². The summed E-state index contributed by atoms with van der Waals surface area (Å²) >= 11 is 0. The van der Waals surface area contributed by atoms with Gasteiger partial charge in [0.05, 0.1) is 16.8 Å². The van der Waals surface area contributed by atoms with Crippen LogP contribution in [0, 0.1) is 0 Å². The van der Waals surface area contributed by atoms with Crippen molar-refractivity contribution in [3.05, 3.63) is 59.2 Å². The number of hydrogen-bond acceptors (Lipinski definition) is 4. The highest BCUT2D eigenvalue weighted by molar-refractivity contribution is 6.22. The number of unbranched alkanes of at least 4 members (excludes halogenated alkanes) is 1. The van der Waals surface area contributed by atoms with Gasteiger partial charge in [-0.05, 0) is 36.8 Å². The number of phenols is 1. The number of anilines is 1. The summed E-state index contributed by atoms with van der Waals surface area (Å²) in [6, 6.07) is 10.8. The van der Waals surface area contributed by atoms with E-state index in [9.17, 15) is 19.5 Å². The van der Waals surface area contributed by atoms with Crippen LogP contribution in [0.15, 0.2) is 42.5 Å². The third kappa shape index (κ3) is 3.10. The van der Waals surface area contributed by atoms with Crippen molar-refractivity contribution in [3.8, 4) is 5.75 Å². The Labute approximate surface area is 145 Å². The molecule has 25 heavy (non-hydrogen) atoms. The average Bonchev–Trinajstić information content (AvgIpc) is 2.85. The SMILES string of the molecule is CCCCN1C(=O)c2ccc(C(=O)Nc3ccccc3O)cc2C1=O. The van der Waals surface area contributed by atoms with Crippen molar-refractivity contribution in [1.29, 1.82) is 0 Å². The molecule has 6 nitrogen and oxygen atoms in total. The van der Waals surface area contributed by atoms with E-state index >= 15 is 0 Å². The van der Waals surface area contributed by atoms with Crippen molar-refractivity contribution in [2.45, 2.75) is 19.8 Å². The van der Waals surface area contributed by atoms with E-state index in [4.69, 9.17) is 0 Å². The second-order valence-electron chi connectivity index (χ2n) is 5.85. The van der Waals surface area contributed by atoms with Gasteiger partial charge in [0, 0.05) is 12.1 Å². The lowest BCUT2D eigenvalue weighted by atomic mass is 10.1. The first-order valence-corrected chi connectivity index (χ1v) is 8.12. The molecule has 3 rings (SSSR count). The largest absolute Gasteiger partial charge is 0.506 e. The molecule has 0 fully saturated rings. The summed E-state index contributed by atoms with van der Waals surface area (Å²) < 4.78 is 0. The second-order valence-corrected chi connectivity index (χ2v) is 5.85. The van der Waals surface area contributed by atoms with Gasteiger partial charge in [0.25, 0.3) is 17.7 Å². The number of nitrogens with zero attached hydrogens (tertiary/aromatic N) is 1. The Kier molecular flexibility index (Phi) is 4.52. The molecule has 0 bridgehead atoms. The molecular formula is C19H18N2O4. The monoisotopic (exact) mass is 338 g/mol. The lowest BCUT2D eigenvalue weighted by Gasteiger charge is -2.12. The third-order valence-electron chi connectivity index (χ3n) is 4.12. The Bertz CT molecular complexity index is 860. The average molecular weight is 338 g/mol. The molecule has 0 radical (unpaired) electrons. The van der Waals surface area contributed by atoms with E-state index in [1.54, 1.807) is 18.2 Å². The molecule has 0 aliphatic carbocycles. The summed E-state index contributed by atoms with van der Waals surface area (Å²) in [7, 11) is 0. The molecule has 3 amide bonds. The minimum atomic E-state index is -0.462. The smallest absolute Gasteiger partial charge is 0.261 e. The molecule has 0 atom stereocenters. The van der Waals surface area contributed by atoms with Crippen LogP contribution in [0.1, 0.15) is 50.8 Å². The number of imide groups is 1. The lowest BCUT2D eigenvalue weighted by Crippen LogP contribution is -2.30. The van der Waals surface area contributed by atoms with E-state index in [2.05, 4.69) is 5.32 Å². The highest BCUT2D eigenvalue weighted by Crippen LogP contribution is 2.26. The predicted octanol–water partition coefficient (Wildman–Crippen LogP) is 3.04. The second kappa shape index (κ2) is 6.76. The number of para-hydroxylation sites is 2. The fraction of sp³-hybridized carbons (Fsp3) is 0.211. The molecule has 6 heteroatoms. The molecular weight excluding hydrogens is 320 g/mol. The van der Waals surface area contributed by atoms with E-state index in [1.165, 1.54) is 29.2 Å². The summed E-state index contributed by atoms with van der Waals surface area (Å²) in [6.07, 6.45) is 1.62. The molecule has 2 N–H and O–H groups in total. The zero-order valence-corrected chi connectivity index (χ0v) is 13.8. The van der Waals surface area contributed by atoms with Crippen molar-refractivity contribution >= 4 is 23.4 Å². The van der Waals surface area contributed by atoms with Crippen LogP contribution >= 0.6 is 0 Å². The molecule has 1 aliphatic rings. The minimum absolute atomic E-state index is 0.0472. The molecule has 0 saturated carbocycles. The van der Waals surface area contributed by atoms with Gasteiger partial charge >= 0.3 is 0 Å². The quantitative estimate of drug-likeness (QED) is 0.648. The predicted molar refractivity (Wildman–Crippen MR) is 92.8 cm³/mol. The van der Waals surface area contributed by atoms with Crippen LogP contribution in [0.4, 0.5) is 5.69 Å². The maximum Gasteiger partial charge on any atom is 0.261 e. The normalized spacial score (nSPS) is 13.1. The van der Waals surface area contributed by atoms with Gasteiger partial charge in [-0.25, -0.2) is 0 Å². The Morgan fingerprint density at radius 3 is 2.52 bits per heavy atom. The number of aromatic hydroxyl groups is 1. The summed E-state index contributed by atoms with van der Waals surface area (Å²) in [5.41, 5.74) is 1.09. The first-order chi connectivity index (χ1) is 12.0. The van der Waals surface area contributed by atoms with Gasteiger partial charge in [0.1, 0.15) is 5.75 Å². The summed E-state index contributed by atoms with van der Waals surface area (Å²) in [6.45, 7) is 2.36. The van der Waals surface area contributed by atoms with Gasteiger partial charge in [0.2, 0.25) is 0 Å². The number of nitrogens with one attached hydrogen (secondary N) is 1. The van der Waals surface area contributed by atoms with Crippen LogP contribution in [0.25, 0.3) is 0 Å². The summed E-state index contributed by atoms with van der Waals surface area (Å²) in [4.78, 5) is 38.3. The number of carbonyl (C=O) groups excluding carboxylic acids is 3. The molecule has 128 valence electrons. The molecule has 2 aromatic rings. The maximum absolute atomic E-state index is 12.4. The molecule has 0 saturated heterocycles. The van der Waals surface area contributed by atoms with Crippen LogP contribution in [0.3, 0.4) is 0 Å². The number of amides is 3. The van der Waals surface area contributed by atoms with Crippen molar-refractivity contribution in [2.75, 3.05) is 11.9 Å². The number of carbonyl (C=O) groups is 3. The first kappa shape index (κ1) is 16.7. The van der Waals surface area contributed by atoms with Gasteiger partial charge in [-0.15, -0.1) is 0 Å². The lowest BCUT2D eigenvalue weighted by molar-refractivity contribution is 0.0652. The molecule has 0 spiro atoms. The first-order valence-electron chi connectivity index (χ1n) is 8.12. The highest BCUT2D eigenvalue weighted by atomic mass is 16.3. The summed E-state index contributed by atoms with van der Waals surface area (Å²) in [5.74, 6) is -1.20. The zero-order valence-electron chi connectivity index (χ0n) is 13.8. The minimum Gasteiger partial charge on any atom is -0.506 e. The van der Waals surface area contributed by atoms with Crippen LogP contribution in [-0.4, -0.2) is 34.3 Å². The number of phenolic OH excluding ortho intramolecular Hbond substituents is 1. The van der Waals surface area contributed by atoms with Crippen molar-refractivity contribution in [1.82, 2.24) is 4.90 Å². The van der Waals surface area contributed by atoms with Gasteiger partial charge in [0.15, 0.2) is 0 Å². The van der Waals surface area contributed by atoms with Gasteiger partial charge in [-0.2, -0.15) is 0 Å². The van der Waals surface area contributed by atoms with E-state index in [-0.39, 0.29) is 34.4 Å². The summed E-state index contributed by atoms with van der Waals surface area (Å²) in [5, 5.41) is 12.3. The van der Waals surface area contributed by atoms with Crippen molar-refractivity contribution < 1.29 is 19.5 Å². The maximum atomic E-state index is 12.4. The van der Waals surface area contributed by atoms with Gasteiger partial charge in [-0.1, -0.05) is 25.5 Å². The standard InChI is InChI=1S/C19H18N2O4/c1-2-3-10-21-18(24)13-9-8-12(11-14(13)19(21)25)17(23)20-15-6-4-5-7-16(15)22/h4-9,11,22H,2-3,10H2,1H3,(H,20,23). The van der Waals surface area contributed by atoms with Crippen LogP contribution in [0.5, 0.6) is 5.75 Å². The Morgan fingerprint density at radius 2 is 1.80 bits per heavy atom. The number of hydrogen-bond donors (Lipinski definition) is 2.